The fraction of sp³-hybridized carbons (Fsp3) is 0.176. The first-order chi connectivity index (χ1) is 11.1. The molecule has 5 nitrogen and oxygen atoms in total. The van der Waals surface area contributed by atoms with Crippen LogP contribution in [0, 0.1) is 5.92 Å². The minimum atomic E-state index is -0.302. The Morgan fingerprint density at radius 1 is 1.17 bits per heavy atom. The van der Waals surface area contributed by atoms with Gasteiger partial charge in [-0.2, -0.15) is 0 Å². The number of hydrogen-bond donors (Lipinski definition) is 2. The Hall–Kier alpha value is -2.53. The van der Waals surface area contributed by atoms with Crippen molar-refractivity contribution in [3.8, 4) is 11.5 Å². The van der Waals surface area contributed by atoms with Crippen molar-refractivity contribution in [1.29, 1.82) is 0 Å². The van der Waals surface area contributed by atoms with Crippen LogP contribution in [0.2, 0.25) is 5.02 Å². The lowest BCUT2D eigenvalue weighted by Crippen LogP contribution is -2.15. The zero-order chi connectivity index (χ0) is 16.0. The van der Waals surface area contributed by atoms with Crippen LogP contribution >= 0.6 is 11.6 Å². The molecule has 2 aliphatic rings. The Morgan fingerprint density at radius 2 is 1.96 bits per heavy atom. The molecule has 0 saturated heterocycles. The normalized spacial score (nSPS) is 15.6. The molecule has 2 aromatic rings. The van der Waals surface area contributed by atoms with Crippen LogP contribution in [-0.2, 0) is 4.79 Å². The highest BCUT2D eigenvalue weighted by molar-refractivity contribution is 6.31. The van der Waals surface area contributed by atoms with Gasteiger partial charge in [0.15, 0.2) is 5.75 Å². The number of carbonyl (C=O) groups is 2. The van der Waals surface area contributed by atoms with Crippen molar-refractivity contribution in [2.24, 2.45) is 5.92 Å². The summed E-state index contributed by atoms with van der Waals surface area (Å²) in [4.78, 5) is 24.3. The molecule has 1 heterocycles. The molecular formula is C17H13ClN2O3. The molecule has 0 atom stereocenters. The SMILES string of the molecule is O=C1Nc2cc(Cl)ccc2Oc2ccc(NC(=O)C3CC3)cc21. The number of halogens is 1. The van der Waals surface area contributed by atoms with Crippen molar-refractivity contribution in [2.45, 2.75) is 12.8 Å². The molecule has 23 heavy (non-hydrogen) atoms. The maximum atomic E-state index is 12.4. The van der Waals surface area contributed by atoms with Crippen molar-refractivity contribution in [3.63, 3.8) is 0 Å². The van der Waals surface area contributed by atoms with Crippen molar-refractivity contribution < 1.29 is 14.3 Å². The number of hydrogen-bond acceptors (Lipinski definition) is 3. The van der Waals surface area contributed by atoms with Crippen molar-refractivity contribution in [1.82, 2.24) is 0 Å². The van der Waals surface area contributed by atoms with Gasteiger partial charge in [0.1, 0.15) is 5.75 Å². The summed E-state index contributed by atoms with van der Waals surface area (Å²) in [7, 11) is 0. The molecule has 4 rings (SSSR count). The molecular weight excluding hydrogens is 316 g/mol. The largest absolute Gasteiger partial charge is 0.454 e. The predicted octanol–water partition coefficient (Wildman–Crippen LogP) is 4.05. The third-order valence-electron chi connectivity index (χ3n) is 3.85. The van der Waals surface area contributed by atoms with Gasteiger partial charge in [0.25, 0.3) is 5.91 Å². The molecule has 2 aromatic carbocycles. The van der Waals surface area contributed by atoms with Crippen molar-refractivity contribution in [3.05, 3.63) is 47.0 Å². The van der Waals surface area contributed by atoms with Gasteiger partial charge in [0, 0.05) is 16.6 Å². The zero-order valence-corrected chi connectivity index (χ0v) is 12.8. The average molecular weight is 329 g/mol. The van der Waals surface area contributed by atoms with Crippen LogP contribution in [-0.4, -0.2) is 11.8 Å². The Balaban J connectivity index is 1.67. The smallest absolute Gasteiger partial charge is 0.259 e. The summed E-state index contributed by atoms with van der Waals surface area (Å²) in [5.41, 5.74) is 1.47. The molecule has 0 bridgehead atoms. The lowest BCUT2D eigenvalue weighted by atomic mass is 10.1. The van der Waals surface area contributed by atoms with Crippen molar-refractivity contribution >= 4 is 34.8 Å². The molecule has 1 fully saturated rings. The van der Waals surface area contributed by atoms with E-state index in [4.69, 9.17) is 16.3 Å². The summed E-state index contributed by atoms with van der Waals surface area (Å²) >= 11 is 5.95. The Kier molecular flexibility index (Phi) is 3.23. The number of benzene rings is 2. The van der Waals surface area contributed by atoms with Gasteiger partial charge < -0.3 is 15.4 Å². The van der Waals surface area contributed by atoms with Crippen LogP contribution < -0.4 is 15.4 Å². The van der Waals surface area contributed by atoms with Gasteiger partial charge in [-0.3, -0.25) is 9.59 Å². The highest BCUT2D eigenvalue weighted by Crippen LogP contribution is 2.38. The standard InChI is InChI=1S/C17H13ClN2O3/c18-10-3-5-15-13(7-10)20-17(22)12-8-11(4-6-14(12)23-15)19-16(21)9-1-2-9/h3-9H,1-2H2,(H,19,21)(H,20,22). The number of fused-ring (bicyclic) bond motifs is 2. The van der Waals surface area contributed by atoms with E-state index >= 15 is 0 Å². The van der Waals surface area contributed by atoms with E-state index in [2.05, 4.69) is 10.6 Å². The summed E-state index contributed by atoms with van der Waals surface area (Å²) in [6, 6.07) is 10.1. The van der Waals surface area contributed by atoms with Crippen LogP contribution in [0.4, 0.5) is 11.4 Å². The van der Waals surface area contributed by atoms with Gasteiger partial charge in [-0.1, -0.05) is 11.6 Å². The highest BCUT2D eigenvalue weighted by atomic mass is 35.5. The highest BCUT2D eigenvalue weighted by Gasteiger charge is 2.30. The van der Waals surface area contributed by atoms with E-state index in [0.29, 0.717) is 33.5 Å². The molecule has 0 unspecified atom stereocenters. The third-order valence-corrected chi connectivity index (χ3v) is 4.08. The number of amides is 2. The fourth-order valence-electron chi connectivity index (χ4n) is 2.46. The maximum absolute atomic E-state index is 12.4. The van der Waals surface area contributed by atoms with Gasteiger partial charge in [-0.15, -0.1) is 0 Å². The van der Waals surface area contributed by atoms with Crippen LogP contribution in [0.25, 0.3) is 0 Å². The van der Waals surface area contributed by atoms with E-state index in [-0.39, 0.29) is 17.7 Å². The lowest BCUT2D eigenvalue weighted by Gasteiger charge is -2.09. The van der Waals surface area contributed by atoms with Crippen LogP contribution in [0.15, 0.2) is 36.4 Å². The second-order valence-electron chi connectivity index (χ2n) is 5.67. The quantitative estimate of drug-likeness (QED) is 0.874. The molecule has 0 radical (unpaired) electrons. The second kappa shape index (κ2) is 5.28. The van der Waals surface area contributed by atoms with Gasteiger partial charge in [-0.25, -0.2) is 0 Å². The molecule has 6 heteroatoms. The average Bonchev–Trinajstić information content (AvgIpc) is 3.35. The molecule has 1 aliphatic carbocycles. The van der Waals surface area contributed by atoms with E-state index in [1.54, 1.807) is 36.4 Å². The maximum Gasteiger partial charge on any atom is 0.259 e. The molecule has 1 saturated carbocycles. The van der Waals surface area contributed by atoms with Crippen LogP contribution in [0.1, 0.15) is 23.2 Å². The minimum absolute atomic E-state index is 0.00466. The Bertz CT molecular complexity index is 831. The topological polar surface area (TPSA) is 67.4 Å². The van der Waals surface area contributed by atoms with Crippen molar-refractivity contribution in [2.75, 3.05) is 10.6 Å². The third kappa shape index (κ3) is 2.75. The van der Waals surface area contributed by atoms with Gasteiger partial charge in [0.2, 0.25) is 5.91 Å². The van der Waals surface area contributed by atoms with E-state index in [1.165, 1.54) is 0 Å². The number of ether oxygens (including phenoxy) is 1. The molecule has 0 aromatic heterocycles. The summed E-state index contributed by atoms with van der Waals surface area (Å²) in [5.74, 6) is 0.757. The molecule has 2 N–H and O–H groups in total. The molecule has 116 valence electrons. The first-order valence-corrected chi connectivity index (χ1v) is 7.71. The van der Waals surface area contributed by atoms with E-state index in [1.807, 2.05) is 0 Å². The number of nitrogens with one attached hydrogen (secondary N) is 2. The number of carbonyl (C=O) groups excluding carboxylic acids is 2. The predicted molar refractivity (Wildman–Crippen MR) is 87.3 cm³/mol. The monoisotopic (exact) mass is 328 g/mol. The van der Waals surface area contributed by atoms with E-state index in [9.17, 15) is 9.59 Å². The summed E-state index contributed by atoms with van der Waals surface area (Å²) in [6.45, 7) is 0. The molecule has 0 spiro atoms. The number of anilines is 2. The summed E-state index contributed by atoms with van der Waals surface area (Å²) < 4.78 is 5.79. The minimum Gasteiger partial charge on any atom is -0.454 e. The van der Waals surface area contributed by atoms with Gasteiger partial charge >= 0.3 is 0 Å². The van der Waals surface area contributed by atoms with Gasteiger partial charge in [-0.05, 0) is 49.2 Å². The zero-order valence-electron chi connectivity index (χ0n) is 12.1. The Morgan fingerprint density at radius 3 is 2.74 bits per heavy atom. The van der Waals surface area contributed by atoms with Crippen LogP contribution in [0.5, 0.6) is 11.5 Å². The van der Waals surface area contributed by atoms with E-state index < -0.39 is 0 Å². The number of rotatable bonds is 2. The first kappa shape index (κ1) is 14.1. The Labute approximate surface area is 137 Å². The van der Waals surface area contributed by atoms with E-state index in [0.717, 1.165) is 12.8 Å². The first-order valence-electron chi connectivity index (χ1n) is 7.34. The molecule has 2 amide bonds. The fourth-order valence-corrected chi connectivity index (χ4v) is 2.63. The summed E-state index contributed by atoms with van der Waals surface area (Å²) in [5, 5.41) is 6.11. The van der Waals surface area contributed by atoms with Crippen LogP contribution in [0.3, 0.4) is 0 Å². The van der Waals surface area contributed by atoms with Gasteiger partial charge in [0.05, 0.1) is 11.3 Å². The second-order valence-corrected chi connectivity index (χ2v) is 6.11. The lowest BCUT2D eigenvalue weighted by molar-refractivity contribution is -0.117. The summed E-state index contributed by atoms with van der Waals surface area (Å²) in [6.07, 6.45) is 1.85. The molecule has 1 aliphatic heterocycles.